The Labute approximate surface area is 127 Å². The fraction of sp³-hybridized carbons (Fsp3) is 0.188. The van der Waals surface area contributed by atoms with Gasteiger partial charge in [-0.1, -0.05) is 46.3 Å². The first-order valence-corrected chi connectivity index (χ1v) is 7.16. The second-order valence-corrected chi connectivity index (χ2v) is 5.71. The largest absolute Gasteiger partial charge is 0.324 e. The van der Waals surface area contributed by atoms with Crippen molar-refractivity contribution in [2.24, 2.45) is 5.73 Å². The topological polar surface area (TPSA) is 55.1 Å². The molecule has 1 amide bonds. The number of halogens is 1. The monoisotopic (exact) mass is 332 g/mol. The normalized spacial score (nSPS) is 12.0. The van der Waals surface area contributed by atoms with Crippen LogP contribution in [-0.2, 0) is 4.79 Å². The van der Waals surface area contributed by atoms with Gasteiger partial charge in [-0.2, -0.15) is 0 Å². The summed E-state index contributed by atoms with van der Waals surface area (Å²) in [5.74, 6) is -0.204. The third-order valence-electron chi connectivity index (χ3n) is 3.19. The smallest absolute Gasteiger partial charge is 0.245 e. The van der Waals surface area contributed by atoms with Crippen molar-refractivity contribution in [3.8, 4) is 0 Å². The Morgan fingerprint density at radius 1 is 1.15 bits per heavy atom. The van der Waals surface area contributed by atoms with Crippen molar-refractivity contribution in [1.29, 1.82) is 0 Å². The van der Waals surface area contributed by atoms with Crippen LogP contribution in [0.1, 0.15) is 22.7 Å². The fourth-order valence-corrected chi connectivity index (χ4v) is 2.81. The lowest BCUT2D eigenvalue weighted by Gasteiger charge is -2.16. The van der Waals surface area contributed by atoms with Gasteiger partial charge in [0.25, 0.3) is 0 Å². The summed E-state index contributed by atoms with van der Waals surface area (Å²) < 4.78 is 0.998. The van der Waals surface area contributed by atoms with Crippen LogP contribution in [0, 0.1) is 13.8 Å². The van der Waals surface area contributed by atoms with Crippen LogP contribution in [-0.4, -0.2) is 5.91 Å². The molecule has 0 radical (unpaired) electrons. The lowest BCUT2D eigenvalue weighted by atomic mass is 10.1. The fourth-order valence-electron chi connectivity index (χ4n) is 2.12. The van der Waals surface area contributed by atoms with E-state index in [4.69, 9.17) is 5.73 Å². The van der Waals surface area contributed by atoms with Crippen LogP contribution in [0.4, 0.5) is 5.69 Å². The molecule has 0 aliphatic rings. The van der Waals surface area contributed by atoms with Gasteiger partial charge in [-0.05, 0) is 42.7 Å². The maximum absolute atomic E-state index is 12.3. The second kappa shape index (κ2) is 6.20. The molecule has 1 atom stereocenters. The minimum Gasteiger partial charge on any atom is -0.324 e. The van der Waals surface area contributed by atoms with Crippen LogP contribution in [0.3, 0.4) is 0 Å². The zero-order valence-electron chi connectivity index (χ0n) is 11.5. The number of nitrogens with one attached hydrogen (secondary N) is 1. The summed E-state index contributed by atoms with van der Waals surface area (Å²) in [6.07, 6.45) is 0. The molecule has 3 N–H and O–H groups in total. The van der Waals surface area contributed by atoms with Gasteiger partial charge in [-0.3, -0.25) is 4.79 Å². The van der Waals surface area contributed by atoms with Crippen molar-refractivity contribution in [1.82, 2.24) is 0 Å². The van der Waals surface area contributed by atoms with Gasteiger partial charge in [-0.15, -0.1) is 0 Å². The van der Waals surface area contributed by atoms with Gasteiger partial charge >= 0.3 is 0 Å². The molecule has 0 bridgehead atoms. The van der Waals surface area contributed by atoms with Crippen LogP contribution >= 0.6 is 15.9 Å². The highest BCUT2D eigenvalue weighted by Crippen LogP contribution is 2.26. The molecule has 2 aromatic rings. The molecular formula is C16H17BrN2O. The van der Waals surface area contributed by atoms with Gasteiger partial charge in [0, 0.05) is 10.2 Å². The molecule has 4 heteroatoms. The molecule has 0 fully saturated rings. The van der Waals surface area contributed by atoms with E-state index in [0.29, 0.717) is 0 Å². The summed E-state index contributed by atoms with van der Waals surface area (Å²) >= 11 is 3.44. The number of hydrogen-bond donors (Lipinski definition) is 2. The highest BCUT2D eigenvalue weighted by atomic mass is 79.9. The first-order valence-electron chi connectivity index (χ1n) is 6.37. The van der Waals surface area contributed by atoms with E-state index >= 15 is 0 Å². The van der Waals surface area contributed by atoms with Crippen molar-refractivity contribution >= 4 is 27.5 Å². The van der Waals surface area contributed by atoms with Gasteiger partial charge in [-0.25, -0.2) is 0 Å². The van der Waals surface area contributed by atoms with E-state index in [-0.39, 0.29) is 5.91 Å². The van der Waals surface area contributed by atoms with E-state index in [1.165, 1.54) is 0 Å². The number of amides is 1. The zero-order chi connectivity index (χ0) is 14.7. The Morgan fingerprint density at radius 3 is 2.25 bits per heavy atom. The van der Waals surface area contributed by atoms with E-state index in [0.717, 1.165) is 26.9 Å². The van der Waals surface area contributed by atoms with E-state index in [9.17, 15) is 4.79 Å². The third kappa shape index (κ3) is 3.26. The summed E-state index contributed by atoms with van der Waals surface area (Å²) in [7, 11) is 0. The van der Waals surface area contributed by atoms with Gasteiger partial charge in [0.1, 0.15) is 6.04 Å². The summed E-state index contributed by atoms with van der Waals surface area (Å²) in [5, 5.41) is 2.92. The highest BCUT2D eigenvalue weighted by molar-refractivity contribution is 9.10. The molecule has 2 aromatic carbocycles. The molecule has 0 saturated carbocycles. The third-order valence-corrected chi connectivity index (χ3v) is 3.64. The first kappa shape index (κ1) is 14.8. The average molecular weight is 333 g/mol. The predicted molar refractivity (Wildman–Crippen MR) is 85.6 cm³/mol. The van der Waals surface area contributed by atoms with E-state index < -0.39 is 6.04 Å². The van der Waals surface area contributed by atoms with Gasteiger partial charge in [0.15, 0.2) is 0 Å². The second-order valence-electron chi connectivity index (χ2n) is 4.79. The SMILES string of the molecule is Cc1cc(Br)cc(C)c1NC(=O)[C@H](N)c1ccccc1. The summed E-state index contributed by atoms with van der Waals surface area (Å²) in [6, 6.07) is 12.6. The maximum Gasteiger partial charge on any atom is 0.245 e. The van der Waals surface area contributed by atoms with Crippen LogP contribution in [0.5, 0.6) is 0 Å². The van der Waals surface area contributed by atoms with Crippen LogP contribution in [0.25, 0.3) is 0 Å². The number of benzene rings is 2. The Bertz CT molecular complexity index is 603. The summed E-state index contributed by atoms with van der Waals surface area (Å²) in [5.41, 5.74) is 9.63. The number of aryl methyl sites for hydroxylation is 2. The first-order chi connectivity index (χ1) is 9.49. The van der Waals surface area contributed by atoms with E-state index in [1.54, 1.807) is 0 Å². The molecule has 0 saturated heterocycles. The van der Waals surface area contributed by atoms with Crippen molar-refractivity contribution in [3.63, 3.8) is 0 Å². The number of hydrogen-bond acceptors (Lipinski definition) is 2. The number of carbonyl (C=O) groups excluding carboxylic acids is 1. The standard InChI is InChI=1S/C16H17BrN2O/c1-10-8-13(17)9-11(2)15(10)19-16(20)14(18)12-6-4-3-5-7-12/h3-9,14H,18H2,1-2H3,(H,19,20)/t14-/m1/s1. The number of anilines is 1. The minimum atomic E-state index is -0.668. The number of rotatable bonds is 3. The van der Waals surface area contributed by atoms with E-state index in [1.807, 2.05) is 56.3 Å². The lowest BCUT2D eigenvalue weighted by Crippen LogP contribution is -2.28. The average Bonchev–Trinajstić information content (AvgIpc) is 2.42. The molecule has 3 nitrogen and oxygen atoms in total. The molecule has 0 aliphatic carbocycles. The van der Waals surface area contributed by atoms with Crippen molar-refractivity contribution in [2.75, 3.05) is 5.32 Å². The van der Waals surface area contributed by atoms with Crippen LogP contribution in [0.15, 0.2) is 46.9 Å². The Hall–Kier alpha value is -1.65. The lowest BCUT2D eigenvalue weighted by molar-refractivity contribution is -0.117. The molecule has 0 unspecified atom stereocenters. The molecule has 2 rings (SSSR count). The molecule has 20 heavy (non-hydrogen) atoms. The summed E-state index contributed by atoms with van der Waals surface area (Å²) in [6.45, 7) is 3.92. The van der Waals surface area contributed by atoms with Crippen LogP contribution in [0.2, 0.25) is 0 Å². The molecule has 0 spiro atoms. The molecule has 0 aliphatic heterocycles. The number of carbonyl (C=O) groups is 1. The molecular weight excluding hydrogens is 316 g/mol. The van der Waals surface area contributed by atoms with Crippen molar-refractivity contribution < 1.29 is 4.79 Å². The van der Waals surface area contributed by atoms with Crippen molar-refractivity contribution in [2.45, 2.75) is 19.9 Å². The van der Waals surface area contributed by atoms with Gasteiger partial charge in [0.05, 0.1) is 0 Å². The Kier molecular flexibility index (Phi) is 4.57. The molecule has 0 aromatic heterocycles. The number of nitrogens with two attached hydrogens (primary N) is 1. The van der Waals surface area contributed by atoms with E-state index in [2.05, 4.69) is 21.2 Å². The quantitative estimate of drug-likeness (QED) is 0.900. The predicted octanol–water partition coefficient (Wildman–Crippen LogP) is 3.70. The Balaban J connectivity index is 2.20. The van der Waals surface area contributed by atoms with Gasteiger partial charge < -0.3 is 11.1 Å². The summed E-state index contributed by atoms with van der Waals surface area (Å²) in [4.78, 5) is 12.3. The Morgan fingerprint density at radius 2 is 1.70 bits per heavy atom. The zero-order valence-corrected chi connectivity index (χ0v) is 13.1. The van der Waals surface area contributed by atoms with Crippen LogP contribution < -0.4 is 11.1 Å². The minimum absolute atomic E-state index is 0.204. The van der Waals surface area contributed by atoms with Gasteiger partial charge in [0.2, 0.25) is 5.91 Å². The molecule has 104 valence electrons. The van der Waals surface area contributed by atoms with Crippen molar-refractivity contribution in [3.05, 3.63) is 63.6 Å². The molecule has 0 heterocycles. The maximum atomic E-state index is 12.3. The highest BCUT2D eigenvalue weighted by Gasteiger charge is 2.17.